The summed E-state index contributed by atoms with van der Waals surface area (Å²) in [5, 5.41) is 0. The lowest BCUT2D eigenvalue weighted by atomic mass is 9.55. The van der Waals surface area contributed by atoms with Gasteiger partial charge in [-0.25, -0.2) is 9.69 Å². The van der Waals surface area contributed by atoms with Gasteiger partial charge in [-0.1, -0.05) is 62.4 Å². The van der Waals surface area contributed by atoms with Gasteiger partial charge in [0.2, 0.25) is 11.8 Å². The van der Waals surface area contributed by atoms with E-state index in [1.807, 2.05) is 38.1 Å². The van der Waals surface area contributed by atoms with Crippen LogP contribution in [0.4, 0.5) is 5.69 Å². The van der Waals surface area contributed by atoms with Crippen LogP contribution in [0.3, 0.4) is 0 Å². The molecular weight excluding hydrogens is 426 g/mol. The van der Waals surface area contributed by atoms with Crippen molar-refractivity contribution in [2.75, 3.05) is 11.5 Å². The molecule has 0 radical (unpaired) electrons. The van der Waals surface area contributed by atoms with Crippen LogP contribution in [0, 0.1) is 17.8 Å². The van der Waals surface area contributed by atoms with Crippen LogP contribution in [0.15, 0.2) is 72.8 Å². The van der Waals surface area contributed by atoms with Crippen molar-refractivity contribution in [1.29, 1.82) is 0 Å². The first-order valence-corrected chi connectivity index (χ1v) is 11.8. The number of nitrogens with zero attached hydrogens (tertiary/aromatic N) is 1. The maximum atomic E-state index is 13.8. The molecule has 2 amide bonds. The first kappa shape index (κ1) is 20.8. The minimum Gasteiger partial charge on any atom is -0.462 e. The second-order valence-electron chi connectivity index (χ2n) is 9.82. The maximum Gasteiger partial charge on any atom is 0.338 e. The van der Waals surface area contributed by atoms with Gasteiger partial charge >= 0.3 is 5.97 Å². The SMILES string of the molecule is CC(C)COC(=O)c1ccc(N2C(=O)C3C4c5ccccc5C(c5ccccc54)C3C2=O)cc1. The number of hydrogen-bond donors (Lipinski definition) is 0. The summed E-state index contributed by atoms with van der Waals surface area (Å²) in [5.41, 5.74) is 5.51. The summed E-state index contributed by atoms with van der Waals surface area (Å²) in [6, 6.07) is 23.0. The van der Waals surface area contributed by atoms with E-state index in [1.54, 1.807) is 24.3 Å². The average molecular weight is 452 g/mol. The molecule has 0 aromatic heterocycles. The number of hydrogen-bond acceptors (Lipinski definition) is 4. The fourth-order valence-corrected chi connectivity index (χ4v) is 6.00. The fraction of sp³-hybridized carbons (Fsp3) is 0.276. The van der Waals surface area contributed by atoms with E-state index in [2.05, 4.69) is 24.3 Å². The van der Waals surface area contributed by atoms with Gasteiger partial charge in [0.25, 0.3) is 0 Å². The molecular formula is C29H25NO4. The van der Waals surface area contributed by atoms with Gasteiger partial charge in [0, 0.05) is 11.8 Å². The first-order chi connectivity index (χ1) is 16.5. The Hall–Kier alpha value is -3.73. The second-order valence-corrected chi connectivity index (χ2v) is 9.82. The first-order valence-electron chi connectivity index (χ1n) is 11.8. The van der Waals surface area contributed by atoms with Gasteiger partial charge in [-0.2, -0.15) is 0 Å². The van der Waals surface area contributed by atoms with E-state index in [4.69, 9.17) is 4.74 Å². The smallest absolute Gasteiger partial charge is 0.338 e. The van der Waals surface area contributed by atoms with Crippen molar-refractivity contribution in [3.8, 4) is 0 Å². The third kappa shape index (κ3) is 2.89. The number of carbonyl (C=O) groups is 3. The molecule has 1 saturated heterocycles. The van der Waals surface area contributed by atoms with Gasteiger partial charge in [-0.3, -0.25) is 9.59 Å². The number of carbonyl (C=O) groups excluding carboxylic acids is 3. The minimum absolute atomic E-state index is 0.130. The number of esters is 1. The molecule has 0 saturated carbocycles. The molecule has 5 nitrogen and oxygen atoms in total. The average Bonchev–Trinajstić information content (AvgIpc) is 3.13. The minimum atomic E-state index is -0.419. The molecule has 3 aromatic rings. The van der Waals surface area contributed by atoms with Gasteiger partial charge in [0.1, 0.15) is 0 Å². The van der Waals surface area contributed by atoms with E-state index < -0.39 is 17.8 Å². The number of rotatable bonds is 4. The largest absolute Gasteiger partial charge is 0.462 e. The zero-order chi connectivity index (χ0) is 23.6. The van der Waals surface area contributed by atoms with Crippen LogP contribution in [0.5, 0.6) is 0 Å². The highest BCUT2D eigenvalue weighted by atomic mass is 16.5. The molecule has 4 aliphatic rings. The molecule has 0 N–H and O–H groups in total. The predicted molar refractivity (Wildman–Crippen MR) is 128 cm³/mol. The summed E-state index contributed by atoms with van der Waals surface area (Å²) in [6.07, 6.45) is 0. The lowest BCUT2D eigenvalue weighted by Crippen LogP contribution is -2.41. The van der Waals surface area contributed by atoms with Crippen LogP contribution in [0.1, 0.15) is 58.3 Å². The number of imide groups is 1. The maximum absolute atomic E-state index is 13.8. The molecule has 1 aliphatic heterocycles. The van der Waals surface area contributed by atoms with Crippen molar-refractivity contribution in [1.82, 2.24) is 0 Å². The van der Waals surface area contributed by atoms with Crippen molar-refractivity contribution in [3.05, 3.63) is 101 Å². The standard InChI is InChI=1S/C29H25NO4/c1-16(2)15-34-29(33)17-11-13-18(14-12-17)30-27(31)25-23-19-7-3-4-8-20(19)24(26(25)28(30)32)22-10-6-5-9-21(22)23/h3-14,16,23-26H,15H2,1-2H3. The quantitative estimate of drug-likeness (QED) is 0.418. The lowest BCUT2D eigenvalue weighted by Gasteiger charge is -2.45. The highest BCUT2D eigenvalue weighted by Crippen LogP contribution is 2.61. The van der Waals surface area contributed by atoms with Gasteiger partial charge in [0.05, 0.1) is 29.7 Å². The third-order valence-electron chi connectivity index (χ3n) is 7.36. The molecule has 2 atom stereocenters. The fourth-order valence-electron chi connectivity index (χ4n) is 6.00. The Morgan fingerprint density at radius 1 is 0.765 bits per heavy atom. The lowest BCUT2D eigenvalue weighted by molar-refractivity contribution is -0.122. The van der Waals surface area contributed by atoms with Crippen LogP contribution in [0.25, 0.3) is 0 Å². The van der Waals surface area contributed by atoms with Crippen molar-refractivity contribution in [2.24, 2.45) is 17.8 Å². The van der Waals surface area contributed by atoms with Gasteiger partial charge in [-0.15, -0.1) is 0 Å². The van der Waals surface area contributed by atoms with Crippen molar-refractivity contribution >= 4 is 23.5 Å². The third-order valence-corrected chi connectivity index (χ3v) is 7.36. The number of ether oxygens (including phenoxy) is 1. The zero-order valence-electron chi connectivity index (χ0n) is 19.1. The Morgan fingerprint density at radius 3 is 1.62 bits per heavy atom. The zero-order valence-corrected chi connectivity index (χ0v) is 19.1. The van der Waals surface area contributed by atoms with Crippen LogP contribution in [-0.4, -0.2) is 24.4 Å². The van der Waals surface area contributed by atoms with Crippen LogP contribution >= 0.6 is 0 Å². The second kappa shape index (κ2) is 7.66. The Bertz CT molecular complexity index is 1210. The molecule has 34 heavy (non-hydrogen) atoms. The highest BCUT2D eigenvalue weighted by Gasteiger charge is 2.61. The van der Waals surface area contributed by atoms with E-state index in [1.165, 1.54) is 4.90 Å². The molecule has 3 aliphatic carbocycles. The summed E-state index contributed by atoms with van der Waals surface area (Å²) >= 11 is 0. The monoisotopic (exact) mass is 451 g/mol. The van der Waals surface area contributed by atoms with Gasteiger partial charge < -0.3 is 4.74 Å². The molecule has 170 valence electrons. The van der Waals surface area contributed by atoms with E-state index >= 15 is 0 Å². The summed E-state index contributed by atoms with van der Waals surface area (Å²) < 4.78 is 5.30. The topological polar surface area (TPSA) is 63.7 Å². The number of amides is 2. The van der Waals surface area contributed by atoms with E-state index in [-0.39, 0.29) is 29.6 Å². The van der Waals surface area contributed by atoms with Gasteiger partial charge in [-0.05, 0) is 52.4 Å². The summed E-state index contributed by atoms with van der Waals surface area (Å²) in [4.78, 5) is 41.2. The molecule has 1 heterocycles. The van der Waals surface area contributed by atoms with Crippen LogP contribution in [-0.2, 0) is 14.3 Å². The Morgan fingerprint density at radius 2 is 1.21 bits per heavy atom. The molecule has 0 spiro atoms. The van der Waals surface area contributed by atoms with E-state index in [0.717, 1.165) is 22.3 Å². The highest BCUT2D eigenvalue weighted by molar-refractivity contribution is 6.23. The molecule has 3 aromatic carbocycles. The molecule has 2 unspecified atom stereocenters. The van der Waals surface area contributed by atoms with Crippen molar-refractivity contribution in [3.63, 3.8) is 0 Å². The summed E-state index contributed by atoms with van der Waals surface area (Å²) in [7, 11) is 0. The van der Waals surface area contributed by atoms with Gasteiger partial charge in [0.15, 0.2) is 0 Å². The predicted octanol–water partition coefficient (Wildman–Crippen LogP) is 4.90. The Balaban J connectivity index is 1.37. The Labute approximate surface area is 198 Å². The molecule has 5 heteroatoms. The van der Waals surface area contributed by atoms with Crippen molar-refractivity contribution in [2.45, 2.75) is 25.7 Å². The van der Waals surface area contributed by atoms with Crippen molar-refractivity contribution < 1.29 is 19.1 Å². The summed E-state index contributed by atoms with van der Waals surface area (Å²) in [6.45, 7) is 4.30. The summed E-state index contributed by atoms with van der Waals surface area (Å²) in [5.74, 6) is -1.58. The number of anilines is 1. The van der Waals surface area contributed by atoms with E-state index in [9.17, 15) is 14.4 Å². The molecule has 1 fully saturated rings. The van der Waals surface area contributed by atoms with Crippen LogP contribution in [0.2, 0.25) is 0 Å². The molecule has 7 rings (SSSR count). The number of benzene rings is 3. The van der Waals surface area contributed by atoms with Crippen LogP contribution < -0.4 is 4.90 Å². The molecule has 2 bridgehead atoms. The normalized spacial score (nSPS) is 24.1. The Kier molecular flexibility index (Phi) is 4.70. The van der Waals surface area contributed by atoms with E-state index in [0.29, 0.717) is 17.9 Å².